The summed E-state index contributed by atoms with van der Waals surface area (Å²) in [4.78, 5) is 23.5. The number of piperidine rings is 1. The number of hydrogen-bond acceptors (Lipinski definition) is 8. The number of nitrogens with one attached hydrogen (secondary N) is 1. The summed E-state index contributed by atoms with van der Waals surface area (Å²) < 4.78 is 40.8. The molecule has 12 heteroatoms. The van der Waals surface area contributed by atoms with Gasteiger partial charge in [0, 0.05) is 47.9 Å². The minimum absolute atomic E-state index is 0.0809. The zero-order valence-corrected chi connectivity index (χ0v) is 27.9. The third-order valence-electron chi connectivity index (χ3n) is 10.2. The van der Waals surface area contributed by atoms with Gasteiger partial charge in [0.1, 0.15) is 28.7 Å². The first kappa shape index (κ1) is 34.1. The van der Waals surface area contributed by atoms with Gasteiger partial charge in [-0.05, 0) is 92.7 Å². The number of benzene rings is 1. The molecule has 1 aliphatic heterocycles. The quantitative estimate of drug-likeness (QED) is 0.160. The average molecular weight is 679 g/mol. The number of carbonyl (C=O) groups is 1. The zero-order chi connectivity index (χ0) is 34.0. The number of fused-ring (bicyclic) bond motifs is 2. The molecule has 0 radical (unpaired) electrons. The van der Waals surface area contributed by atoms with Gasteiger partial charge in [-0.1, -0.05) is 12.6 Å². The van der Waals surface area contributed by atoms with E-state index in [1.54, 1.807) is 6.07 Å². The van der Waals surface area contributed by atoms with Crippen LogP contribution in [-0.2, 0) is 24.3 Å². The monoisotopic (exact) mass is 678 g/mol. The first-order valence-corrected chi connectivity index (χ1v) is 17.5. The van der Waals surface area contributed by atoms with Crippen molar-refractivity contribution in [1.82, 2.24) is 19.4 Å². The Hall–Kier alpha value is -3.79. The largest absolute Gasteiger partial charge is 0.393 e. The molecule has 4 heterocycles. The number of aryl methyl sites for hydroxylation is 1. The molecule has 1 unspecified atom stereocenters. The Morgan fingerprint density at radius 3 is 2.60 bits per heavy atom. The fourth-order valence-corrected chi connectivity index (χ4v) is 8.46. The second kappa shape index (κ2) is 14.4. The van der Waals surface area contributed by atoms with E-state index in [0.29, 0.717) is 40.6 Å². The van der Waals surface area contributed by atoms with Crippen LogP contribution < -0.4 is 5.32 Å². The van der Waals surface area contributed by atoms with Crippen molar-refractivity contribution in [2.45, 2.75) is 89.7 Å². The Kier molecular flexibility index (Phi) is 10.2. The lowest BCUT2D eigenvalue weighted by Gasteiger charge is -2.33. The number of halogens is 3. The van der Waals surface area contributed by atoms with E-state index in [1.807, 2.05) is 10.6 Å². The third kappa shape index (κ3) is 7.74. The molecule has 0 bridgehead atoms. The molecule has 1 aromatic carbocycles. The van der Waals surface area contributed by atoms with Crippen molar-refractivity contribution in [1.29, 1.82) is 5.26 Å². The number of anilines is 1. The fourth-order valence-electron chi connectivity index (χ4n) is 7.44. The Balaban J connectivity index is 1.07. The van der Waals surface area contributed by atoms with Crippen LogP contribution in [0.4, 0.5) is 19.0 Å². The second-order valence-electron chi connectivity index (χ2n) is 13.4. The summed E-state index contributed by atoms with van der Waals surface area (Å²) in [5.41, 5.74) is 3.80. The number of nitriles is 1. The van der Waals surface area contributed by atoms with E-state index in [4.69, 9.17) is 0 Å². The minimum Gasteiger partial charge on any atom is -0.391 e. The summed E-state index contributed by atoms with van der Waals surface area (Å²) in [6.07, 6.45) is 2.82. The Morgan fingerprint density at radius 1 is 1.17 bits per heavy atom. The van der Waals surface area contributed by atoms with E-state index in [0.717, 1.165) is 86.0 Å². The average Bonchev–Trinajstić information content (AvgIpc) is 3.64. The van der Waals surface area contributed by atoms with E-state index in [-0.39, 0.29) is 22.6 Å². The van der Waals surface area contributed by atoms with E-state index in [9.17, 15) is 28.3 Å². The molecule has 0 amide bonds. The maximum absolute atomic E-state index is 12.9. The maximum Gasteiger partial charge on any atom is 0.393 e. The number of hydrogen-bond donors (Lipinski definition) is 2. The van der Waals surface area contributed by atoms with Crippen molar-refractivity contribution in [3.8, 4) is 6.07 Å². The normalized spacial score (nSPS) is 20.2. The van der Waals surface area contributed by atoms with Crippen molar-refractivity contribution < 1.29 is 23.1 Å². The van der Waals surface area contributed by atoms with Gasteiger partial charge < -0.3 is 15.0 Å². The number of likely N-dealkylation sites (tertiary alicyclic amines) is 1. The molecule has 1 atom stereocenters. The zero-order valence-electron chi connectivity index (χ0n) is 27.1. The number of allylic oxidation sites excluding steroid dienone is 1. The number of thiophene rings is 1. The molecule has 4 aromatic rings. The van der Waals surface area contributed by atoms with Crippen LogP contribution in [0.2, 0.25) is 0 Å². The van der Waals surface area contributed by atoms with Crippen molar-refractivity contribution >= 4 is 44.1 Å². The van der Waals surface area contributed by atoms with Gasteiger partial charge in [-0.2, -0.15) is 18.4 Å². The minimum atomic E-state index is -4.27. The molecule has 0 spiro atoms. The van der Waals surface area contributed by atoms with Crippen molar-refractivity contribution in [3.63, 3.8) is 0 Å². The molecule has 1 aliphatic carbocycles. The fraction of sp³-hybridized carbons (Fsp3) is 0.500. The number of nitrogens with zero attached hydrogens (tertiary/aromatic N) is 5. The van der Waals surface area contributed by atoms with Crippen LogP contribution in [0, 0.1) is 30.1 Å². The molecular formula is C36H41F3N6O2S. The molecule has 3 aromatic heterocycles. The van der Waals surface area contributed by atoms with Crippen LogP contribution in [-0.4, -0.2) is 61.7 Å². The topological polar surface area (TPSA) is 107 Å². The molecule has 254 valence electrons. The summed E-state index contributed by atoms with van der Waals surface area (Å²) in [7, 11) is 0. The Bertz CT molecular complexity index is 1830. The van der Waals surface area contributed by atoms with Gasteiger partial charge in [0.15, 0.2) is 5.78 Å². The first-order chi connectivity index (χ1) is 23.0. The van der Waals surface area contributed by atoms with Crippen LogP contribution in [0.15, 0.2) is 43.2 Å². The Morgan fingerprint density at radius 2 is 1.92 bits per heavy atom. The molecule has 1 saturated heterocycles. The lowest BCUT2D eigenvalue weighted by atomic mass is 9.77. The predicted molar refractivity (Wildman–Crippen MR) is 182 cm³/mol. The number of ketones is 1. The predicted octanol–water partition coefficient (Wildman–Crippen LogP) is 7.32. The number of carbonyl (C=O) groups excluding carboxylic acids is 1. The Labute approximate surface area is 282 Å². The SMILES string of the molecule is C=CC(=O)CC1CCC(C(O)Cn2c(C#N)cc3c(C)c(CN4CCC(Nc5ncnc6sc(CC(F)(F)F)cc56)CC4)ccc32)CC1. The number of aromatic nitrogens is 3. The van der Waals surface area contributed by atoms with Gasteiger partial charge in [-0.25, -0.2) is 9.97 Å². The summed E-state index contributed by atoms with van der Waals surface area (Å²) in [6, 6.07) is 10.2. The lowest BCUT2D eigenvalue weighted by molar-refractivity contribution is -0.126. The van der Waals surface area contributed by atoms with E-state index in [2.05, 4.69) is 51.9 Å². The van der Waals surface area contributed by atoms with Crippen LogP contribution in [0.25, 0.3) is 21.1 Å². The van der Waals surface area contributed by atoms with Crippen LogP contribution >= 0.6 is 11.3 Å². The first-order valence-electron chi connectivity index (χ1n) is 16.7. The van der Waals surface area contributed by atoms with Gasteiger partial charge in [-0.15, -0.1) is 11.3 Å². The van der Waals surface area contributed by atoms with Crippen molar-refractivity contribution in [3.05, 3.63) is 64.9 Å². The highest BCUT2D eigenvalue weighted by Gasteiger charge is 2.30. The van der Waals surface area contributed by atoms with Gasteiger partial charge in [-0.3, -0.25) is 9.69 Å². The summed E-state index contributed by atoms with van der Waals surface area (Å²) in [6.45, 7) is 8.50. The lowest BCUT2D eigenvalue weighted by Crippen LogP contribution is -2.39. The molecule has 1 saturated carbocycles. The van der Waals surface area contributed by atoms with Crippen molar-refractivity contribution in [2.24, 2.45) is 11.8 Å². The highest BCUT2D eigenvalue weighted by molar-refractivity contribution is 7.18. The van der Waals surface area contributed by atoms with Crippen LogP contribution in [0.5, 0.6) is 0 Å². The molecule has 2 fully saturated rings. The number of alkyl halides is 3. The maximum atomic E-state index is 12.9. The highest BCUT2D eigenvalue weighted by Crippen LogP contribution is 2.36. The molecule has 2 aliphatic rings. The van der Waals surface area contributed by atoms with E-state index in [1.165, 1.54) is 18.0 Å². The highest BCUT2D eigenvalue weighted by atomic mass is 32.1. The van der Waals surface area contributed by atoms with E-state index < -0.39 is 18.7 Å². The summed E-state index contributed by atoms with van der Waals surface area (Å²) in [5.74, 6) is 1.15. The number of aliphatic hydroxyl groups excluding tert-OH is 1. The summed E-state index contributed by atoms with van der Waals surface area (Å²) >= 11 is 1.06. The van der Waals surface area contributed by atoms with E-state index >= 15 is 0 Å². The van der Waals surface area contributed by atoms with Crippen LogP contribution in [0.1, 0.15) is 66.6 Å². The van der Waals surface area contributed by atoms with Gasteiger partial charge in [0.2, 0.25) is 0 Å². The number of aliphatic hydroxyl groups is 1. The van der Waals surface area contributed by atoms with Gasteiger partial charge in [0.25, 0.3) is 0 Å². The molecule has 6 rings (SSSR count). The van der Waals surface area contributed by atoms with Crippen LogP contribution in [0.3, 0.4) is 0 Å². The molecule has 48 heavy (non-hydrogen) atoms. The van der Waals surface area contributed by atoms with Gasteiger partial charge in [0.05, 0.1) is 24.5 Å². The van der Waals surface area contributed by atoms with Gasteiger partial charge >= 0.3 is 6.18 Å². The third-order valence-corrected chi connectivity index (χ3v) is 11.2. The molecule has 2 N–H and O–H groups in total. The smallest absolute Gasteiger partial charge is 0.391 e. The second-order valence-corrected chi connectivity index (χ2v) is 14.5. The molecule has 8 nitrogen and oxygen atoms in total. The van der Waals surface area contributed by atoms with Crippen molar-refractivity contribution in [2.75, 3.05) is 18.4 Å². The summed E-state index contributed by atoms with van der Waals surface area (Å²) in [5, 5.41) is 26.3. The standard InChI is InChI=1S/C36H41F3N6O2S/c1-3-28(46)14-23-4-6-24(7-5-23)33(47)20-45-27(18-40)15-30-22(2)25(8-9-32(30)45)19-44-12-10-26(11-13-44)43-34-31-16-29(17-36(37,38)39)48-35(31)42-21-41-34/h3,8-9,15-16,21,23-24,26,33,47H,1,4-7,10-14,17,19-20H2,2H3,(H,41,42,43). The number of rotatable bonds is 11. The molecular weight excluding hydrogens is 637 g/mol.